The van der Waals surface area contributed by atoms with Crippen molar-refractivity contribution in [3.8, 4) is 5.75 Å². The number of unbranched alkanes of at least 4 members (excludes halogenated alkanes) is 1. The van der Waals surface area contributed by atoms with E-state index in [9.17, 15) is 17.6 Å². The zero-order valence-electron chi connectivity index (χ0n) is 17.5. The molecule has 0 N–H and O–H groups in total. The van der Waals surface area contributed by atoms with Crippen LogP contribution in [0, 0.1) is 23.6 Å². The fourth-order valence-electron chi connectivity index (χ4n) is 5.83. The van der Waals surface area contributed by atoms with Gasteiger partial charge >= 0.3 is 6.36 Å². The van der Waals surface area contributed by atoms with Gasteiger partial charge in [-0.05, 0) is 72.8 Å². The smallest absolute Gasteiger partial charge is 0.405 e. The molecule has 4 unspecified atom stereocenters. The third-order valence-corrected chi connectivity index (χ3v) is 7.29. The molecule has 0 heterocycles. The second-order valence-electron chi connectivity index (χ2n) is 9.28. The van der Waals surface area contributed by atoms with E-state index >= 15 is 0 Å². The Morgan fingerprint density at radius 2 is 1.73 bits per heavy atom. The number of benzene rings is 2. The van der Waals surface area contributed by atoms with Gasteiger partial charge in [-0.25, -0.2) is 4.39 Å². The van der Waals surface area contributed by atoms with E-state index in [1.807, 2.05) is 12.1 Å². The van der Waals surface area contributed by atoms with Gasteiger partial charge in [0.15, 0.2) is 0 Å². The minimum Gasteiger partial charge on any atom is -0.405 e. The van der Waals surface area contributed by atoms with Gasteiger partial charge in [0.05, 0.1) is 0 Å². The normalized spacial score (nSPS) is 27.1. The lowest BCUT2D eigenvalue weighted by Crippen LogP contribution is -2.30. The van der Waals surface area contributed by atoms with Crippen LogP contribution in [-0.2, 0) is 0 Å². The molecule has 30 heavy (non-hydrogen) atoms. The van der Waals surface area contributed by atoms with Crippen LogP contribution in [0.4, 0.5) is 17.6 Å². The fourth-order valence-corrected chi connectivity index (χ4v) is 5.83. The van der Waals surface area contributed by atoms with Gasteiger partial charge in [0.1, 0.15) is 11.6 Å². The lowest BCUT2D eigenvalue weighted by Gasteiger charge is -2.42. The average Bonchev–Trinajstić information content (AvgIpc) is 2.70. The predicted molar refractivity (Wildman–Crippen MR) is 111 cm³/mol. The highest BCUT2D eigenvalue weighted by molar-refractivity contribution is 5.89. The first-order valence-electron chi connectivity index (χ1n) is 11.3. The first-order valence-corrected chi connectivity index (χ1v) is 11.3. The molecule has 164 valence electrons. The SMILES string of the molecule is CCCCC1CCC2CC(c3ccc4c(OC(F)(F)F)cc(F)cc4c3)CCC2C1. The van der Waals surface area contributed by atoms with E-state index < -0.39 is 17.9 Å². The van der Waals surface area contributed by atoms with Gasteiger partial charge in [-0.1, -0.05) is 50.8 Å². The van der Waals surface area contributed by atoms with Crippen molar-refractivity contribution in [3.05, 3.63) is 41.7 Å². The van der Waals surface area contributed by atoms with E-state index in [1.165, 1.54) is 51.0 Å². The maximum Gasteiger partial charge on any atom is 0.573 e. The molecule has 1 nitrogen and oxygen atoms in total. The van der Waals surface area contributed by atoms with E-state index in [0.717, 1.165) is 42.2 Å². The monoisotopic (exact) mass is 422 g/mol. The molecule has 2 fully saturated rings. The van der Waals surface area contributed by atoms with Crippen LogP contribution in [0.25, 0.3) is 10.8 Å². The van der Waals surface area contributed by atoms with Crippen LogP contribution in [0.15, 0.2) is 30.3 Å². The minimum absolute atomic E-state index is 0.294. The first kappa shape index (κ1) is 21.5. The molecule has 2 aliphatic carbocycles. The summed E-state index contributed by atoms with van der Waals surface area (Å²) in [5.74, 6) is 1.67. The average molecular weight is 423 g/mol. The Morgan fingerprint density at radius 3 is 2.50 bits per heavy atom. The molecule has 2 aliphatic rings. The quantitative estimate of drug-likeness (QED) is 0.440. The number of rotatable bonds is 5. The summed E-state index contributed by atoms with van der Waals surface area (Å²) in [5.41, 5.74) is 1.11. The third-order valence-electron chi connectivity index (χ3n) is 7.29. The Labute approximate surface area is 175 Å². The van der Waals surface area contributed by atoms with Crippen LogP contribution in [0.1, 0.15) is 76.2 Å². The van der Waals surface area contributed by atoms with Crippen LogP contribution in [-0.4, -0.2) is 6.36 Å². The molecular formula is C25H30F4O. The minimum atomic E-state index is -4.84. The maximum atomic E-state index is 13.9. The number of alkyl halides is 3. The fraction of sp³-hybridized carbons (Fsp3) is 0.600. The Balaban J connectivity index is 1.49. The van der Waals surface area contributed by atoms with Gasteiger partial charge in [0, 0.05) is 11.5 Å². The number of hydrogen-bond acceptors (Lipinski definition) is 1. The maximum absolute atomic E-state index is 13.9. The number of ether oxygens (including phenoxy) is 1. The van der Waals surface area contributed by atoms with Crippen LogP contribution in [0.2, 0.25) is 0 Å². The van der Waals surface area contributed by atoms with Crippen LogP contribution in [0.3, 0.4) is 0 Å². The molecule has 2 aromatic carbocycles. The molecular weight excluding hydrogens is 392 g/mol. The third kappa shape index (κ3) is 4.92. The van der Waals surface area contributed by atoms with Crippen molar-refractivity contribution < 1.29 is 22.3 Å². The molecule has 0 spiro atoms. The summed E-state index contributed by atoms with van der Waals surface area (Å²) in [7, 11) is 0. The molecule has 2 aromatic rings. The van der Waals surface area contributed by atoms with Crippen LogP contribution < -0.4 is 4.74 Å². The van der Waals surface area contributed by atoms with Gasteiger partial charge in [-0.2, -0.15) is 0 Å². The van der Waals surface area contributed by atoms with E-state index in [1.54, 1.807) is 6.07 Å². The van der Waals surface area contributed by atoms with E-state index in [-0.39, 0.29) is 0 Å². The van der Waals surface area contributed by atoms with Crippen LogP contribution >= 0.6 is 0 Å². The second kappa shape index (κ2) is 8.76. The van der Waals surface area contributed by atoms with Crippen molar-refractivity contribution in [1.82, 2.24) is 0 Å². The molecule has 0 bridgehead atoms. The Hall–Kier alpha value is -1.78. The summed E-state index contributed by atoms with van der Waals surface area (Å²) in [4.78, 5) is 0. The highest BCUT2D eigenvalue weighted by Gasteiger charge is 2.36. The molecule has 0 amide bonds. The summed E-state index contributed by atoms with van der Waals surface area (Å²) < 4.78 is 56.0. The highest BCUT2D eigenvalue weighted by atomic mass is 19.4. The van der Waals surface area contributed by atoms with Crippen molar-refractivity contribution in [1.29, 1.82) is 0 Å². The standard InChI is InChI=1S/C25H30F4O/c1-2-3-4-16-5-6-18-12-19(8-7-17(18)11-16)20-9-10-23-21(13-20)14-22(26)15-24(23)30-25(27,28)29/h9-10,13-19H,2-8,11-12H2,1H3. The van der Waals surface area contributed by atoms with Gasteiger partial charge in [-0.3, -0.25) is 0 Å². The summed E-state index contributed by atoms with van der Waals surface area (Å²) in [6.45, 7) is 2.25. The van der Waals surface area contributed by atoms with Crippen molar-refractivity contribution >= 4 is 10.8 Å². The summed E-state index contributed by atoms with van der Waals surface area (Å²) in [6, 6.07) is 7.52. The van der Waals surface area contributed by atoms with Crippen molar-refractivity contribution in [2.24, 2.45) is 17.8 Å². The van der Waals surface area contributed by atoms with Gasteiger partial charge in [0.2, 0.25) is 0 Å². The number of fused-ring (bicyclic) bond motifs is 2. The molecule has 0 aromatic heterocycles. The Morgan fingerprint density at radius 1 is 0.967 bits per heavy atom. The van der Waals surface area contributed by atoms with Crippen LogP contribution in [0.5, 0.6) is 5.75 Å². The van der Waals surface area contributed by atoms with Crippen molar-refractivity contribution in [3.63, 3.8) is 0 Å². The number of hydrogen-bond donors (Lipinski definition) is 0. The molecule has 0 radical (unpaired) electrons. The zero-order chi connectivity index (χ0) is 21.3. The lowest BCUT2D eigenvalue weighted by molar-refractivity contribution is -0.274. The zero-order valence-corrected chi connectivity index (χ0v) is 17.5. The number of halogens is 4. The highest BCUT2D eigenvalue weighted by Crippen LogP contribution is 2.48. The lowest BCUT2D eigenvalue weighted by atomic mass is 9.63. The largest absolute Gasteiger partial charge is 0.573 e. The van der Waals surface area contributed by atoms with Gasteiger partial charge < -0.3 is 4.74 Å². The second-order valence-corrected chi connectivity index (χ2v) is 9.28. The van der Waals surface area contributed by atoms with Crippen molar-refractivity contribution in [2.45, 2.75) is 77.0 Å². The first-order chi connectivity index (χ1) is 14.3. The predicted octanol–water partition coefficient (Wildman–Crippen LogP) is 8.37. The van der Waals surface area contributed by atoms with Gasteiger partial charge in [0.25, 0.3) is 0 Å². The molecule has 5 heteroatoms. The summed E-state index contributed by atoms with van der Waals surface area (Å²) >= 11 is 0. The topological polar surface area (TPSA) is 9.23 Å². The Bertz CT molecular complexity index is 875. The van der Waals surface area contributed by atoms with E-state index in [0.29, 0.717) is 16.7 Å². The Kier molecular flexibility index (Phi) is 6.26. The van der Waals surface area contributed by atoms with Crippen molar-refractivity contribution in [2.75, 3.05) is 0 Å². The van der Waals surface area contributed by atoms with E-state index in [4.69, 9.17) is 0 Å². The molecule has 2 saturated carbocycles. The molecule has 0 aliphatic heterocycles. The van der Waals surface area contributed by atoms with Gasteiger partial charge in [-0.15, -0.1) is 13.2 Å². The van der Waals surface area contributed by atoms with E-state index in [2.05, 4.69) is 11.7 Å². The molecule has 4 rings (SSSR count). The molecule has 0 saturated heterocycles. The molecule has 4 atom stereocenters. The summed E-state index contributed by atoms with van der Waals surface area (Å²) in [6.07, 6.45) is 6.57. The summed E-state index contributed by atoms with van der Waals surface area (Å²) in [5, 5.41) is 0.764.